The molecule has 0 saturated heterocycles. The van der Waals surface area contributed by atoms with Crippen LogP contribution in [0.25, 0.3) is 0 Å². The van der Waals surface area contributed by atoms with Gasteiger partial charge in [0.2, 0.25) is 0 Å². The summed E-state index contributed by atoms with van der Waals surface area (Å²) in [5.74, 6) is 0. The topological polar surface area (TPSA) is 43.8 Å². The molecule has 0 unspecified atom stereocenters. The summed E-state index contributed by atoms with van der Waals surface area (Å²) in [6, 6.07) is 0. The number of hydrogen-bond donors (Lipinski definition) is 1. The van der Waals surface area contributed by atoms with E-state index in [4.69, 9.17) is 5.73 Å². The van der Waals surface area contributed by atoms with Crippen LogP contribution in [0.1, 0.15) is 36.7 Å². The Morgan fingerprint density at radius 2 is 2.07 bits per heavy atom. The van der Waals surface area contributed by atoms with Crippen LogP contribution in [0.2, 0.25) is 0 Å². The molecule has 1 aliphatic carbocycles. The third kappa shape index (κ3) is 1.81. The minimum atomic E-state index is 0.414. The van der Waals surface area contributed by atoms with Crippen molar-refractivity contribution in [2.24, 2.45) is 11.1 Å². The van der Waals surface area contributed by atoms with Gasteiger partial charge in [-0.05, 0) is 57.6 Å². The zero-order valence-electron chi connectivity index (χ0n) is 10.0. The van der Waals surface area contributed by atoms with Crippen LogP contribution >= 0.6 is 0 Å². The summed E-state index contributed by atoms with van der Waals surface area (Å²) < 4.78 is 2.09. The SMILES string of the molecule is CCn1nc(C)c(CC2(CN)CC2)c1C. The van der Waals surface area contributed by atoms with Crippen molar-refractivity contribution in [1.82, 2.24) is 9.78 Å². The molecule has 0 bridgehead atoms. The van der Waals surface area contributed by atoms with Gasteiger partial charge in [0, 0.05) is 12.2 Å². The molecule has 0 amide bonds. The maximum Gasteiger partial charge on any atom is 0.0628 e. The molecule has 1 aromatic rings. The molecule has 1 heterocycles. The highest BCUT2D eigenvalue weighted by Crippen LogP contribution is 2.48. The van der Waals surface area contributed by atoms with Crippen molar-refractivity contribution >= 4 is 0 Å². The Labute approximate surface area is 91.7 Å². The van der Waals surface area contributed by atoms with Gasteiger partial charge in [0.25, 0.3) is 0 Å². The average molecular weight is 207 g/mol. The summed E-state index contributed by atoms with van der Waals surface area (Å²) in [6.07, 6.45) is 3.71. The molecule has 15 heavy (non-hydrogen) atoms. The van der Waals surface area contributed by atoms with E-state index in [1.807, 2.05) is 0 Å². The summed E-state index contributed by atoms with van der Waals surface area (Å²) in [6.45, 7) is 8.21. The predicted molar refractivity (Wildman–Crippen MR) is 61.8 cm³/mol. The van der Waals surface area contributed by atoms with Gasteiger partial charge in [0.1, 0.15) is 0 Å². The molecule has 2 rings (SSSR count). The maximum atomic E-state index is 5.83. The Morgan fingerprint density at radius 1 is 1.40 bits per heavy atom. The van der Waals surface area contributed by atoms with Gasteiger partial charge in [-0.1, -0.05) is 0 Å². The molecule has 0 aliphatic heterocycles. The van der Waals surface area contributed by atoms with E-state index in [0.29, 0.717) is 5.41 Å². The van der Waals surface area contributed by atoms with Crippen LogP contribution in [-0.2, 0) is 13.0 Å². The number of nitrogens with two attached hydrogens (primary N) is 1. The van der Waals surface area contributed by atoms with E-state index in [-0.39, 0.29) is 0 Å². The first-order valence-corrected chi connectivity index (χ1v) is 5.85. The molecule has 1 aliphatic rings. The van der Waals surface area contributed by atoms with Gasteiger partial charge in [0.05, 0.1) is 5.69 Å². The average Bonchev–Trinajstić information content (AvgIpc) is 2.96. The first kappa shape index (κ1) is 10.7. The fraction of sp³-hybridized carbons (Fsp3) is 0.750. The Morgan fingerprint density at radius 3 is 2.47 bits per heavy atom. The lowest BCUT2D eigenvalue weighted by molar-refractivity contribution is 0.517. The zero-order valence-corrected chi connectivity index (χ0v) is 10.0. The molecule has 3 nitrogen and oxygen atoms in total. The fourth-order valence-electron chi connectivity index (χ4n) is 2.30. The third-order valence-corrected chi connectivity index (χ3v) is 3.77. The van der Waals surface area contributed by atoms with Crippen molar-refractivity contribution in [3.05, 3.63) is 17.0 Å². The van der Waals surface area contributed by atoms with Gasteiger partial charge >= 0.3 is 0 Å². The number of aryl methyl sites for hydroxylation is 2. The largest absolute Gasteiger partial charge is 0.330 e. The number of hydrogen-bond acceptors (Lipinski definition) is 2. The van der Waals surface area contributed by atoms with Gasteiger partial charge < -0.3 is 5.73 Å². The third-order valence-electron chi connectivity index (χ3n) is 3.77. The first-order valence-electron chi connectivity index (χ1n) is 5.85. The summed E-state index contributed by atoms with van der Waals surface area (Å²) >= 11 is 0. The van der Waals surface area contributed by atoms with E-state index in [2.05, 4.69) is 30.6 Å². The van der Waals surface area contributed by atoms with Crippen LogP contribution in [0.4, 0.5) is 0 Å². The second-order valence-corrected chi connectivity index (χ2v) is 4.85. The van der Waals surface area contributed by atoms with Crippen molar-refractivity contribution in [3.63, 3.8) is 0 Å². The van der Waals surface area contributed by atoms with E-state index in [0.717, 1.165) is 19.5 Å². The van der Waals surface area contributed by atoms with Crippen LogP contribution < -0.4 is 5.73 Å². The molecule has 1 aromatic heterocycles. The zero-order chi connectivity index (χ0) is 11.1. The number of nitrogens with zero attached hydrogens (tertiary/aromatic N) is 2. The molecule has 0 spiro atoms. The normalized spacial score (nSPS) is 18.1. The molecule has 3 heteroatoms. The van der Waals surface area contributed by atoms with Gasteiger partial charge in [-0.3, -0.25) is 4.68 Å². The lowest BCUT2D eigenvalue weighted by Crippen LogP contribution is -2.18. The number of aromatic nitrogens is 2. The second-order valence-electron chi connectivity index (χ2n) is 4.85. The summed E-state index contributed by atoms with van der Waals surface area (Å²) in [5, 5.41) is 4.55. The minimum absolute atomic E-state index is 0.414. The predicted octanol–water partition coefficient (Wildman–Crippen LogP) is 1.80. The molecule has 0 radical (unpaired) electrons. The smallest absolute Gasteiger partial charge is 0.0628 e. The molecule has 2 N–H and O–H groups in total. The van der Waals surface area contributed by atoms with Crippen molar-refractivity contribution in [3.8, 4) is 0 Å². The van der Waals surface area contributed by atoms with Gasteiger partial charge in [-0.15, -0.1) is 0 Å². The highest BCUT2D eigenvalue weighted by molar-refractivity contribution is 5.27. The van der Waals surface area contributed by atoms with Crippen LogP contribution in [0.3, 0.4) is 0 Å². The van der Waals surface area contributed by atoms with Crippen molar-refractivity contribution in [1.29, 1.82) is 0 Å². The fourth-order valence-corrected chi connectivity index (χ4v) is 2.30. The molecule has 0 atom stereocenters. The van der Waals surface area contributed by atoms with Crippen molar-refractivity contribution in [2.75, 3.05) is 6.54 Å². The van der Waals surface area contributed by atoms with E-state index >= 15 is 0 Å². The van der Waals surface area contributed by atoms with Crippen LogP contribution in [0.15, 0.2) is 0 Å². The quantitative estimate of drug-likeness (QED) is 0.818. The summed E-state index contributed by atoms with van der Waals surface area (Å²) in [4.78, 5) is 0. The van der Waals surface area contributed by atoms with Crippen LogP contribution in [0, 0.1) is 19.3 Å². The van der Waals surface area contributed by atoms with Gasteiger partial charge in [-0.25, -0.2) is 0 Å². The van der Waals surface area contributed by atoms with E-state index < -0.39 is 0 Å². The first-order chi connectivity index (χ1) is 7.12. The highest BCUT2D eigenvalue weighted by Gasteiger charge is 2.42. The molecule has 84 valence electrons. The highest BCUT2D eigenvalue weighted by atomic mass is 15.3. The minimum Gasteiger partial charge on any atom is -0.330 e. The lowest BCUT2D eigenvalue weighted by atomic mass is 9.95. The van der Waals surface area contributed by atoms with Crippen molar-refractivity contribution in [2.45, 2.75) is 46.6 Å². The number of rotatable bonds is 4. The van der Waals surface area contributed by atoms with E-state index in [1.54, 1.807) is 0 Å². The monoisotopic (exact) mass is 207 g/mol. The van der Waals surface area contributed by atoms with Crippen molar-refractivity contribution < 1.29 is 0 Å². The second kappa shape index (κ2) is 3.63. The molecular weight excluding hydrogens is 186 g/mol. The lowest BCUT2D eigenvalue weighted by Gasteiger charge is -2.12. The molecular formula is C12H21N3. The Balaban J connectivity index is 2.24. The van der Waals surface area contributed by atoms with E-state index in [1.165, 1.54) is 29.8 Å². The molecule has 1 fully saturated rings. The summed E-state index contributed by atoms with van der Waals surface area (Å²) in [7, 11) is 0. The summed E-state index contributed by atoms with van der Waals surface area (Å²) in [5.41, 5.74) is 10.2. The van der Waals surface area contributed by atoms with Crippen LogP contribution in [0.5, 0.6) is 0 Å². The van der Waals surface area contributed by atoms with E-state index in [9.17, 15) is 0 Å². The Bertz CT molecular complexity index is 361. The maximum absolute atomic E-state index is 5.83. The molecule has 1 saturated carbocycles. The molecule has 0 aromatic carbocycles. The Kier molecular flexibility index (Phi) is 2.59. The van der Waals surface area contributed by atoms with Gasteiger partial charge in [-0.2, -0.15) is 5.10 Å². The van der Waals surface area contributed by atoms with Crippen LogP contribution in [-0.4, -0.2) is 16.3 Å². The standard InChI is InChI=1S/C12H21N3/c1-4-15-10(3)11(9(2)14-15)7-12(8-13)5-6-12/h4-8,13H2,1-3H3. The Hall–Kier alpha value is -0.830. The van der Waals surface area contributed by atoms with Gasteiger partial charge in [0.15, 0.2) is 0 Å².